The first kappa shape index (κ1) is 6.84. The molecule has 0 aliphatic carbocycles. The van der Waals surface area contributed by atoms with Gasteiger partial charge in [0.2, 0.25) is 5.88 Å². The number of aromatic nitrogens is 3. The normalized spacial score (nSPS) is 10.6. The summed E-state index contributed by atoms with van der Waals surface area (Å²) in [7, 11) is 0. The molecular weight excluding hydrogens is 257 g/mol. The molecule has 0 fully saturated rings. The molecule has 0 spiro atoms. The molecule has 4 nitrogen and oxygen atoms in total. The Labute approximate surface area is 76.7 Å². The van der Waals surface area contributed by atoms with E-state index in [0.717, 1.165) is 0 Å². The molecule has 0 amide bonds. The molecule has 5 heteroatoms. The van der Waals surface area contributed by atoms with Crippen molar-refractivity contribution in [2.24, 2.45) is 0 Å². The van der Waals surface area contributed by atoms with Crippen LogP contribution in [0.15, 0.2) is 18.6 Å². The van der Waals surface area contributed by atoms with E-state index in [4.69, 9.17) is 0 Å². The van der Waals surface area contributed by atoms with Gasteiger partial charge in [-0.15, -0.1) is 0 Å². The van der Waals surface area contributed by atoms with Crippen LogP contribution in [0.2, 0.25) is 0 Å². The molecule has 2 rings (SSSR count). The van der Waals surface area contributed by atoms with Crippen LogP contribution in [0.3, 0.4) is 0 Å². The fraction of sp³-hybridized carbons (Fsp3) is 0. The van der Waals surface area contributed by atoms with E-state index < -0.39 is 0 Å². The Hall–Kier alpha value is -0.850. The smallest absolute Gasteiger partial charge is 0.212 e. The summed E-state index contributed by atoms with van der Waals surface area (Å²) in [6.07, 6.45) is 3.14. The molecule has 0 aromatic heterocycles. The minimum Gasteiger partial charge on any atom is -0.493 e. The minimum atomic E-state index is 0.188. The van der Waals surface area contributed by atoms with Gasteiger partial charge < -0.3 is 5.11 Å². The van der Waals surface area contributed by atoms with Crippen molar-refractivity contribution in [2.45, 2.75) is 0 Å². The summed E-state index contributed by atoms with van der Waals surface area (Å²) in [4.78, 5) is 7.92. The standard InChI is InChI=1S/C6H4IN3O/c7-10-3-9-5-4(6(10)11)1-2-8-5/h1-3,11H. The van der Waals surface area contributed by atoms with E-state index in [2.05, 4.69) is 9.97 Å². The third-order valence-corrected chi connectivity index (χ3v) is 2.11. The summed E-state index contributed by atoms with van der Waals surface area (Å²) in [5.41, 5.74) is 0.682. The molecule has 1 N–H and O–H groups in total. The van der Waals surface area contributed by atoms with Crippen LogP contribution >= 0.6 is 22.9 Å². The van der Waals surface area contributed by atoms with Gasteiger partial charge in [0, 0.05) is 6.20 Å². The highest BCUT2D eigenvalue weighted by Gasteiger charge is 2.11. The molecule has 0 bridgehead atoms. The second kappa shape index (κ2) is 2.33. The molecule has 56 valence electrons. The van der Waals surface area contributed by atoms with Crippen molar-refractivity contribution in [3.05, 3.63) is 18.6 Å². The highest BCUT2D eigenvalue weighted by atomic mass is 127. The van der Waals surface area contributed by atoms with Crippen molar-refractivity contribution in [3.63, 3.8) is 0 Å². The third kappa shape index (κ3) is 0.953. The second-order valence-corrected chi connectivity index (χ2v) is 3.10. The number of fused-ring (bicyclic) bond motifs is 1. The fourth-order valence-corrected chi connectivity index (χ4v) is 1.26. The first-order valence-corrected chi connectivity index (χ1v) is 3.92. The maximum atomic E-state index is 9.42. The van der Waals surface area contributed by atoms with Gasteiger partial charge in [-0.3, -0.25) is 0 Å². The van der Waals surface area contributed by atoms with Crippen molar-refractivity contribution in [1.82, 2.24) is 12.7 Å². The number of hydrogen-bond donors (Lipinski definition) is 1. The van der Waals surface area contributed by atoms with Crippen molar-refractivity contribution in [3.8, 4) is 17.3 Å². The van der Waals surface area contributed by atoms with E-state index in [9.17, 15) is 5.11 Å². The van der Waals surface area contributed by atoms with Crippen LogP contribution in [0.25, 0.3) is 11.4 Å². The van der Waals surface area contributed by atoms with Gasteiger partial charge in [0.15, 0.2) is 5.82 Å². The molecule has 0 saturated carbocycles. The zero-order chi connectivity index (χ0) is 7.84. The molecule has 2 aliphatic rings. The van der Waals surface area contributed by atoms with Crippen LogP contribution in [0.1, 0.15) is 0 Å². The van der Waals surface area contributed by atoms with Gasteiger partial charge in [-0.2, -0.15) is 0 Å². The Morgan fingerprint density at radius 1 is 1.45 bits per heavy atom. The molecule has 0 saturated heterocycles. The summed E-state index contributed by atoms with van der Waals surface area (Å²) in [5, 5.41) is 9.42. The molecule has 0 aromatic carbocycles. The Kier molecular flexibility index (Phi) is 1.45. The molecular formula is C6H4IN3O. The summed E-state index contributed by atoms with van der Waals surface area (Å²) in [6, 6.07) is 1.73. The maximum absolute atomic E-state index is 9.42. The number of halogens is 1. The SMILES string of the molecule is Oc1c2ccnc-2ncn1I. The lowest BCUT2D eigenvalue weighted by molar-refractivity contribution is 0.451. The zero-order valence-corrected chi connectivity index (χ0v) is 7.56. The lowest BCUT2D eigenvalue weighted by Crippen LogP contribution is -1.91. The molecule has 11 heavy (non-hydrogen) atoms. The van der Waals surface area contributed by atoms with Gasteiger partial charge in [0.1, 0.15) is 6.33 Å². The van der Waals surface area contributed by atoms with Crippen molar-refractivity contribution in [2.75, 3.05) is 0 Å². The topological polar surface area (TPSA) is 50.9 Å². The average molecular weight is 261 g/mol. The van der Waals surface area contributed by atoms with Gasteiger partial charge >= 0.3 is 0 Å². The lowest BCUT2D eigenvalue weighted by atomic mass is 10.3. The molecule has 0 radical (unpaired) electrons. The molecule has 2 heterocycles. The first-order chi connectivity index (χ1) is 5.29. The molecule has 0 aromatic rings. The van der Waals surface area contributed by atoms with Crippen LogP contribution in [0, 0.1) is 0 Å². The molecule has 0 unspecified atom stereocenters. The van der Waals surface area contributed by atoms with Gasteiger partial charge in [-0.25, -0.2) is 12.7 Å². The van der Waals surface area contributed by atoms with Crippen LogP contribution in [-0.2, 0) is 0 Å². The molecule has 0 atom stereocenters. The van der Waals surface area contributed by atoms with Crippen LogP contribution in [0.4, 0.5) is 0 Å². The van der Waals surface area contributed by atoms with Crippen molar-refractivity contribution in [1.29, 1.82) is 0 Å². The Balaban J connectivity index is 2.81. The van der Waals surface area contributed by atoms with Crippen LogP contribution in [0.5, 0.6) is 5.88 Å². The minimum absolute atomic E-state index is 0.188. The largest absolute Gasteiger partial charge is 0.493 e. The lowest BCUT2D eigenvalue weighted by Gasteiger charge is -2.02. The Morgan fingerprint density at radius 3 is 3.09 bits per heavy atom. The van der Waals surface area contributed by atoms with E-state index in [-0.39, 0.29) is 5.88 Å². The maximum Gasteiger partial charge on any atom is 0.212 e. The van der Waals surface area contributed by atoms with Gasteiger partial charge in [-0.05, 0) is 6.07 Å². The van der Waals surface area contributed by atoms with E-state index in [0.29, 0.717) is 11.4 Å². The van der Waals surface area contributed by atoms with Gasteiger partial charge in [0.05, 0.1) is 28.4 Å². The second-order valence-electron chi connectivity index (χ2n) is 2.06. The predicted octanol–water partition coefficient (Wildman–Crippen LogP) is 1.29. The summed E-state index contributed by atoms with van der Waals surface area (Å²) >= 11 is 1.95. The number of nitrogens with zero attached hydrogens (tertiary/aromatic N) is 3. The zero-order valence-electron chi connectivity index (χ0n) is 5.40. The third-order valence-electron chi connectivity index (χ3n) is 1.40. The van der Waals surface area contributed by atoms with Crippen molar-refractivity contribution >= 4 is 22.9 Å². The Morgan fingerprint density at radius 2 is 2.27 bits per heavy atom. The number of rotatable bonds is 0. The molecule has 2 aliphatic heterocycles. The summed E-state index contributed by atoms with van der Waals surface area (Å²) in [6.45, 7) is 0. The van der Waals surface area contributed by atoms with E-state index >= 15 is 0 Å². The summed E-state index contributed by atoms with van der Waals surface area (Å²) in [5.74, 6) is 0.767. The predicted molar refractivity (Wildman–Crippen MR) is 47.7 cm³/mol. The quantitative estimate of drug-likeness (QED) is 0.727. The summed E-state index contributed by atoms with van der Waals surface area (Å²) < 4.78 is 1.52. The average Bonchev–Trinajstić information content (AvgIpc) is 2.45. The highest BCUT2D eigenvalue weighted by Crippen LogP contribution is 2.28. The van der Waals surface area contributed by atoms with Gasteiger partial charge in [0.25, 0.3) is 0 Å². The number of aromatic hydroxyl groups is 1. The van der Waals surface area contributed by atoms with Crippen molar-refractivity contribution < 1.29 is 5.11 Å². The van der Waals surface area contributed by atoms with E-state index in [1.807, 2.05) is 22.9 Å². The monoisotopic (exact) mass is 261 g/mol. The Bertz CT molecular complexity index is 359. The van der Waals surface area contributed by atoms with Gasteiger partial charge in [-0.1, -0.05) is 0 Å². The number of hydrogen-bond acceptors (Lipinski definition) is 3. The fourth-order valence-electron chi connectivity index (χ4n) is 0.879. The van der Waals surface area contributed by atoms with Crippen LogP contribution < -0.4 is 0 Å². The highest BCUT2D eigenvalue weighted by molar-refractivity contribution is 14.1. The van der Waals surface area contributed by atoms with E-state index in [1.54, 1.807) is 12.3 Å². The first-order valence-electron chi connectivity index (χ1n) is 2.96. The van der Waals surface area contributed by atoms with Crippen LogP contribution in [-0.4, -0.2) is 17.9 Å². The van der Waals surface area contributed by atoms with E-state index in [1.165, 1.54) is 9.11 Å².